The lowest BCUT2D eigenvalue weighted by Gasteiger charge is -2.40. The predicted octanol–water partition coefficient (Wildman–Crippen LogP) is 6.04. The molecule has 0 radical (unpaired) electrons. The van der Waals surface area contributed by atoms with Crippen LogP contribution in [-0.4, -0.2) is 44.0 Å². The number of nitrogens with two attached hydrogens (primary N) is 1. The molecular weight excluding hydrogens is 552 g/mol. The number of nitrogen functional groups attached to an aromatic ring is 1. The Morgan fingerprint density at radius 2 is 1.95 bits per heavy atom. The minimum absolute atomic E-state index is 0.0342. The number of ether oxygens (including phenoxy) is 1. The Balaban J connectivity index is 1.10. The molecule has 5 N–H and O–H groups in total. The van der Waals surface area contributed by atoms with Crippen LogP contribution < -0.4 is 21.7 Å². The van der Waals surface area contributed by atoms with Crippen LogP contribution in [0.4, 0.5) is 28.1 Å². The van der Waals surface area contributed by atoms with Crippen LogP contribution in [-0.2, 0) is 29.4 Å². The summed E-state index contributed by atoms with van der Waals surface area (Å²) in [7, 11) is 0. The van der Waals surface area contributed by atoms with Gasteiger partial charge in [-0.05, 0) is 113 Å². The molecule has 0 saturated heterocycles. The number of benzene rings is 1. The maximum atomic E-state index is 12.3. The van der Waals surface area contributed by atoms with E-state index < -0.39 is 5.60 Å². The molecule has 10 nitrogen and oxygen atoms in total. The van der Waals surface area contributed by atoms with Crippen molar-refractivity contribution in [2.75, 3.05) is 22.9 Å². The Bertz CT molecular complexity index is 1670. The molecule has 0 fully saturated rings. The number of rotatable bonds is 5. The monoisotopic (exact) mass is 594 g/mol. The van der Waals surface area contributed by atoms with Crippen LogP contribution in [0, 0.1) is 0 Å². The Morgan fingerprint density at radius 3 is 2.70 bits per heavy atom. The zero-order valence-corrected chi connectivity index (χ0v) is 25.9. The van der Waals surface area contributed by atoms with Gasteiger partial charge in [0.1, 0.15) is 5.60 Å². The fourth-order valence-electron chi connectivity index (χ4n) is 7.00. The van der Waals surface area contributed by atoms with Gasteiger partial charge < -0.3 is 26.4 Å². The van der Waals surface area contributed by atoms with E-state index in [2.05, 4.69) is 63.4 Å². The summed E-state index contributed by atoms with van der Waals surface area (Å²) in [5.74, 6) is 1.43. The van der Waals surface area contributed by atoms with Crippen molar-refractivity contribution in [2.24, 2.45) is 0 Å². The number of carbonyl (C=O) groups excluding carboxylic acids is 1. The molecule has 3 aromatic rings. The minimum atomic E-state index is -0.512. The van der Waals surface area contributed by atoms with Gasteiger partial charge in [0, 0.05) is 23.7 Å². The number of amides is 1. The van der Waals surface area contributed by atoms with Crippen LogP contribution in [0.2, 0.25) is 0 Å². The largest absolute Gasteiger partial charge is 0.444 e. The van der Waals surface area contributed by atoms with Crippen LogP contribution in [0.1, 0.15) is 81.7 Å². The number of allylic oxidation sites excluding steroid dienone is 4. The van der Waals surface area contributed by atoms with Crippen LogP contribution >= 0.6 is 0 Å². The van der Waals surface area contributed by atoms with Crippen molar-refractivity contribution in [2.45, 2.75) is 95.6 Å². The van der Waals surface area contributed by atoms with Crippen LogP contribution in [0.5, 0.6) is 0 Å². The molecule has 5 aliphatic rings. The molecule has 44 heavy (non-hydrogen) atoms. The number of hydrogen-bond donors (Lipinski definition) is 4. The van der Waals surface area contributed by atoms with Gasteiger partial charge >= 0.3 is 6.09 Å². The van der Waals surface area contributed by atoms with Gasteiger partial charge in [0.25, 0.3) is 0 Å². The summed E-state index contributed by atoms with van der Waals surface area (Å²) in [5.41, 5.74) is 14.3. The Morgan fingerprint density at radius 1 is 1.11 bits per heavy atom. The van der Waals surface area contributed by atoms with E-state index in [1.807, 2.05) is 20.8 Å². The molecule has 230 valence electrons. The number of alkyl carbamates (subject to hydrolysis) is 1. The molecule has 1 aliphatic heterocycles. The number of nitrogens with zero attached hydrogens (tertiary/aromatic N) is 4. The molecule has 1 unspecified atom stereocenters. The first kappa shape index (κ1) is 28.4. The lowest BCUT2D eigenvalue weighted by Crippen LogP contribution is -2.39. The van der Waals surface area contributed by atoms with E-state index in [1.165, 1.54) is 28.0 Å². The van der Waals surface area contributed by atoms with E-state index in [4.69, 9.17) is 20.6 Å². The summed E-state index contributed by atoms with van der Waals surface area (Å²) in [6, 6.07) is 8.59. The molecule has 8 rings (SSSR count). The number of fused-ring (bicyclic) bond motifs is 4. The smallest absolute Gasteiger partial charge is 0.407 e. The van der Waals surface area contributed by atoms with Crippen molar-refractivity contribution in [1.82, 2.24) is 25.1 Å². The summed E-state index contributed by atoms with van der Waals surface area (Å²) in [4.78, 5) is 21.9. The average molecular weight is 595 g/mol. The highest BCUT2D eigenvalue weighted by Crippen LogP contribution is 2.48. The number of anilines is 4. The molecule has 2 atom stereocenters. The normalized spacial score (nSPS) is 22.2. The fourth-order valence-corrected chi connectivity index (χ4v) is 7.00. The van der Waals surface area contributed by atoms with E-state index >= 15 is 0 Å². The van der Waals surface area contributed by atoms with Crippen molar-refractivity contribution in [3.8, 4) is 5.82 Å². The maximum absolute atomic E-state index is 12.3. The van der Waals surface area contributed by atoms with Gasteiger partial charge in [-0.15, -0.1) is 5.10 Å². The standard InChI is InChI=1S/C34H42N8O2/c1-33(2,3)44-32(43)38-24-9-6-22-7-11-25(19-23(22)8-10-24)37-31-40-30(35)42(41-31)28-20-26(29-27(39-28)5-4-18-36-29)34-15-12-21(13-16-34)14-17-34/h7,11-13,15,19-20,24,36H,4-6,8-10,14,16-18H2,1-3H3,(H,38,43)(H3,35,37,40,41)/t24-,34?/m0/s1. The zero-order valence-electron chi connectivity index (χ0n) is 25.9. The van der Waals surface area contributed by atoms with Crippen molar-refractivity contribution in [3.63, 3.8) is 0 Å². The van der Waals surface area contributed by atoms with Crippen LogP contribution in [0.25, 0.3) is 5.82 Å². The molecule has 2 aromatic heterocycles. The lowest BCUT2D eigenvalue weighted by atomic mass is 9.65. The Hall–Kier alpha value is -4.34. The fraction of sp³-hybridized carbons (Fsp3) is 0.471. The lowest BCUT2D eigenvalue weighted by molar-refractivity contribution is 0.0500. The van der Waals surface area contributed by atoms with E-state index in [9.17, 15) is 4.79 Å². The number of aryl methyl sites for hydroxylation is 3. The number of pyridine rings is 1. The number of nitrogens with one attached hydrogen (secondary N) is 3. The van der Waals surface area contributed by atoms with E-state index in [1.54, 1.807) is 4.68 Å². The third-order valence-electron chi connectivity index (χ3n) is 9.27. The molecule has 3 heterocycles. The van der Waals surface area contributed by atoms with Gasteiger partial charge in [-0.25, -0.2) is 9.78 Å². The van der Waals surface area contributed by atoms with Gasteiger partial charge in [0.15, 0.2) is 5.82 Å². The molecule has 2 bridgehead atoms. The topological polar surface area (TPSA) is 132 Å². The number of hydrogen-bond acceptors (Lipinski definition) is 8. The highest BCUT2D eigenvalue weighted by molar-refractivity contribution is 5.68. The molecule has 1 amide bonds. The van der Waals surface area contributed by atoms with Gasteiger partial charge in [-0.2, -0.15) is 9.67 Å². The molecular formula is C34H42N8O2. The van der Waals surface area contributed by atoms with Gasteiger partial charge in [-0.1, -0.05) is 29.9 Å². The van der Waals surface area contributed by atoms with E-state index in [-0.39, 0.29) is 17.6 Å². The third-order valence-corrected chi connectivity index (χ3v) is 9.27. The maximum Gasteiger partial charge on any atom is 0.407 e. The van der Waals surface area contributed by atoms with Crippen LogP contribution in [0.3, 0.4) is 0 Å². The highest BCUT2D eigenvalue weighted by atomic mass is 16.6. The Kier molecular flexibility index (Phi) is 7.10. The Labute approximate surface area is 258 Å². The second kappa shape index (κ2) is 11.0. The zero-order chi connectivity index (χ0) is 30.5. The van der Waals surface area contributed by atoms with E-state index in [0.29, 0.717) is 17.7 Å². The van der Waals surface area contributed by atoms with Gasteiger partial charge in [0.2, 0.25) is 11.9 Å². The molecule has 0 saturated carbocycles. The summed E-state index contributed by atoms with van der Waals surface area (Å²) in [5, 5.41) is 14.8. The summed E-state index contributed by atoms with van der Waals surface area (Å²) < 4.78 is 7.12. The average Bonchev–Trinajstić information content (AvgIpc) is 3.25. The summed E-state index contributed by atoms with van der Waals surface area (Å²) in [6.07, 6.45) is 15.3. The van der Waals surface area contributed by atoms with Gasteiger partial charge in [0.05, 0.1) is 11.4 Å². The second-order valence-electron chi connectivity index (χ2n) is 13.6. The molecule has 1 aromatic carbocycles. The van der Waals surface area contributed by atoms with Crippen molar-refractivity contribution < 1.29 is 9.53 Å². The first-order chi connectivity index (χ1) is 21.1. The highest BCUT2D eigenvalue weighted by Gasteiger charge is 2.38. The molecule has 0 spiro atoms. The van der Waals surface area contributed by atoms with Gasteiger partial charge in [-0.3, -0.25) is 0 Å². The SMILES string of the molecule is CC(C)(C)OC(=O)N[C@H]1CCc2ccc(Nc3nc(N)n(-c4cc(C56C=CC(=CC5)CC6)c5c(n4)CCCN5)n3)cc2CC1. The third kappa shape index (κ3) is 5.65. The predicted molar refractivity (Wildman–Crippen MR) is 173 cm³/mol. The van der Waals surface area contributed by atoms with Crippen LogP contribution in [0.15, 0.2) is 48.1 Å². The van der Waals surface area contributed by atoms with E-state index in [0.717, 1.165) is 75.7 Å². The molecule has 4 aliphatic carbocycles. The summed E-state index contributed by atoms with van der Waals surface area (Å²) >= 11 is 0. The van der Waals surface area contributed by atoms with Crippen molar-refractivity contribution >= 4 is 29.4 Å². The van der Waals surface area contributed by atoms with Crippen molar-refractivity contribution in [1.29, 1.82) is 0 Å². The second-order valence-corrected chi connectivity index (χ2v) is 13.6. The first-order valence-electron chi connectivity index (χ1n) is 15.9. The first-order valence-corrected chi connectivity index (χ1v) is 15.9. The minimum Gasteiger partial charge on any atom is -0.444 e. The quantitative estimate of drug-likeness (QED) is 0.263. The number of aromatic nitrogens is 4. The number of carbonyl (C=O) groups is 1. The molecule has 10 heteroatoms. The van der Waals surface area contributed by atoms with Crippen molar-refractivity contribution in [3.05, 3.63) is 70.5 Å². The summed E-state index contributed by atoms with van der Waals surface area (Å²) in [6.45, 7) is 6.60.